The summed E-state index contributed by atoms with van der Waals surface area (Å²) >= 11 is 6.92. The van der Waals surface area contributed by atoms with Crippen molar-refractivity contribution in [3.05, 3.63) is 75.5 Å². The van der Waals surface area contributed by atoms with E-state index in [2.05, 4.69) is 37.3 Å². The van der Waals surface area contributed by atoms with E-state index >= 15 is 0 Å². The number of fused-ring (bicyclic) bond motifs is 1. The second-order valence-corrected chi connectivity index (χ2v) is 12.7. The molecule has 3 heterocycles. The van der Waals surface area contributed by atoms with Crippen molar-refractivity contribution in [2.45, 2.75) is 60.1 Å². The zero-order valence-corrected chi connectivity index (χ0v) is 28.3. The number of aliphatic imine (C=N–C) groups is 1. The SMILES string of the molecule is CCN1CCc2c(nc(C(=O)Nc3cccc(-c4cccc(NC(=O)/C(C)=N/C5=C(C)CCN(CC(C)O)C5)c4C)c3Cl)n2C)C1. The molecule has 244 valence electrons. The monoisotopic (exact) mass is 645 g/mol. The number of likely N-dealkylation sites (N-methyl/N-ethyl adjacent to an activating group) is 1. The van der Waals surface area contributed by atoms with E-state index in [9.17, 15) is 14.7 Å². The number of anilines is 2. The fraction of sp³-hybridized carbons (Fsp3) is 0.429. The minimum atomic E-state index is -0.424. The van der Waals surface area contributed by atoms with Gasteiger partial charge in [-0.05, 0) is 69.5 Å². The summed E-state index contributed by atoms with van der Waals surface area (Å²) in [4.78, 5) is 40.5. The van der Waals surface area contributed by atoms with Gasteiger partial charge in [0.1, 0.15) is 5.71 Å². The second-order valence-electron chi connectivity index (χ2n) is 12.3. The lowest BCUT2D eigenvalue weighted by Gasteiger charge is -2.29. The Morgan fingerprint density at radius 1 is 1.02 bits per heavy atom. The first-order valence-corrected chi connectivity index (χ1v) is 16.3. The van der Waals surface area contributed by atoms with Gasteiger partial charge < -0.3 is 20.3 Å². The zero-order chi connectivity index (χ0) is 33.1. The van der Waals surface area contributed by atoms with Crippen molar-refractivity contribution in [1.29, 1.82) is 0 Å². The van der Waals surface area contributed by atoms with Crippen LogP contribution in [0.3, 0.4) is 0 Å². The van der Waals surface area contributed by atoms with Crippen LogP contribution in [0.15, 0.2) is 52.7 Å². The van der Waals surface area contributed by atoms with Crippen LogP contribution in [0.4, 0.5) is 11.4 Å². The first-order valence-electron chi connectivity index (χ1n) is 15.9. The Balaban J connectivity index is 1.33. The van der Waals surface area contributed by atoms with Crippen LogP contribution in [0.25, 0.3) is 11.1 Å². The largest absolute Gasteiger partial charge is 0.392 e. The number of rotatable bonds is 9. The molecule has 3 aromatic rings. The number of imidazole rings is 1. The molecule has 0 saturated carbocycles. The first kappa shape index (κ1) is 33.5. The minimum Gasteiger partial charge on any atom is -0.392 e. The van der Waals surface area contributed by atoms with Crippen molar-refractivity contribution in [2.75, 3.05) is 43.4 Å². The number of nitrogens with one attached hydrogen (secondary N) is 2. The van der Waals surface area contributed by atoms with Crippen molar-refractivity contribution in [1.82, 2.24) is 19.4 Å². The predicted octanol–water partition coefficient (Wildman–Crippen LogP) is 5.44. The molecule has 0 fully saturated rings. The van der Waals surface area contributed by atoms with Crippen LogP contribution in [-0.4, -0.2) is 80.8 Å². The molecule has 2 amide bonds. The molecule has 0 radical (unpaired) electrons. The summed E-state index contributed by atoms with van der Waals surface area (Å²) in [6.45, 7) is 14.2. The summed E-state index contributed by atoms with van der Waals surface area (Å²) in [5.41, 5.74) is 7.95. The van der Waals surface area contributed by atoms with Crippen LogP contribution in [0.5, 0.6) is 0 Å². The van der Waals surface area contributed by atoms with Crippen LogP contribution in [-0.2, 0) is 24.8 Å². The van der Waals surface area contributed by atoms with Gasteiger partial charge in [0.05, 0.1) is 28.2 Å². The van der Waals surface area contributed by atoms with E-state index < -0.39 is 6.10 Å². The molecule has 46 heavy (non-hydrogen) atoms. The molecular weight excluding hydrogens is 602 g/mol. The number of aromatic nitrogens is 2. The molecule has 5 rings (SSSR count). The van der Waals surface area contributed by atoms with Gasteiger partial charge in [-0.1, -0.05) is 42.8 Å². The third kappa shape index (κ3) is 7.25. The Bertz CT molecular complexity index is 1710. The molecule has 0 aliphatic carbocycles. The summed E-state index contributed by atoms with van der Waals surface area (Å²) in [7, 11) is 1.88. The van der Waals surface area contributed by atoms with Gasteiger partial charge in [0.2, 0.25) is 0 Å². The standard InChI is InChI=1S/C35H44ClN7O3/c1-7-42-17-15-31-30(20-42)38-33(41(31)6)35(46)40-28-13-9-11-26(32(28)36)25-10-8-12-27(23(25)4)39-34(45)24(5)37-29-19-43(18-22(3)44)16-14-21(29)2/h8-13,22,44H,7,14-20H2,1-6H3,(H,39,45)(H,40,46)/b37-24+. The van der Waals surface area contributed by atoms with Gasteiger partial charge in [-0.15, -0.1) is 0 Å². The maximum Gasteiger partial charge on any atom is 0.291 e. The van der Waals surface area contributed by atoms with Gasteiger partial charge in [0.15, 0.2) is 5.82 Å². The molecular formula is C35H44ClN7O3. The Morgan fingerprint density at radius 2 is 1.72 bits per heavy atom. The fourth-order valence-electron chi connectivity index (χ4n) is 6.16. The van der Waals surface area contributed by atoms with Crippen LogP contribution in [0, 0.1) is 6.92 Å². The van der Waals surface area contributed by atoms with E-state index in [1.807, 2.05) is 55.8 Å². The van der Waals surface area contributed by atoms with E-state index in [1.54, 1.807) is 19.9 Å². The molecule has 1 atom stereocenters. The van der Waals surface area contributed by atoms with Crippen LogP contribution in [0.2, 0.25) is 5.02 Å². The molecule has 1 aromatic heterocycles. The molecule has 2 aromatic carbocycles. The van der Waals surface area contributed by atoms with Gasteiger partial charge in [-0.25, -0.2) is 4.98 Å². The number of β-amino-alcohol motifs (C(OH)–C–C–N with tert-alkyl or cyclic N) is 1. The van der Waals surface area contributed by atoms with Crippen molar-refractivity contribution in [3.8, 4) is 11.1 Å². The average Bonchev–Trinajstić information content (AvgIpc) is 3.36. The molecule has 2 aliphatic rings. The summed E-state index contributed by atoms with van der Waals surface area (Å²) in [6, 6.07) is 11.2. The highest BCUT2D eigenvalue weighted by Gasteiger charge is 2.26. The normalized spacial score (nSPS) is 16.7. The molecule has 2 aliphatic heterocycles. The van der Waals surface area contributed by atoms with E-state index in [0.29, 0.717) is 41.0 Å². The number of aliphatic hydroxyl groups excluding tert-OH is 1. The number of hydrogen-bond acceptors (Lipinski definition) is 7. The summed E-state index contributed by atoms with van der Waals surface area (Å²) in [6.07, 6.45) is 1.28. The summed E-state index contributed by atoms with van der Waals surface area (Å²) in [5.74, 6) is -0.249. The van der Waals surface area contributed by atoms with Gasteiger partial charge >= 0.3 is 0 Å². The second kappa shape index (κ2) is 14.3. The van der Waals surface area contributed by atoms with E-state index in [4.69, 9.17) is 11.6 Å². The van der Waals surface area contributed by atoms with Gasteiger partial charge in [-0.3, -0.25) is 24.4 Å². The number of amides is 2. The lowest BCUT2D eigenvalue weighted by Crippen LogP contribution is -2.36. The number of benzene rings is 2. The molecule has 11 heteroatoms. The Kier molecular flexibility index (Phi) is 10.4. The van der Waals surface area contributed by atoms with E-state index in [0.717, 1.165) is 78.4 Å². The van der Waals surface area contributed by atoms with Crippen molar-refractivity contribution in [2.24, 2.45) is 12.0 Å². The third-order valence-electron chi connectivity index (χ3n) is 8.93. The predicted molar refractivity (Wildman–Crippen MR) is 185 cm³/mol. The maximum absolute atomic E-state index is 13.4. The van der Waals surface area contributed by atoms with Crippen LogP contribution < -0.4 is 10.6 Å². The maximum atomic E-state index is 13.4. The van der Waals surface area contributed by atoms with Gasteiger partial charge in [-0.2, -0.15) is 0 Å². The number of hydrogen-bond donors (Lipinski definition) is 3. The van der Waals surface area contributed by atoms with E-state index in [1.165, 1.54) is 0 Å². The van der Waals surface area contributed by atoms with Crippen molar-refractivity contribution < 1.29 is 14.7 Å². The summed E-state index contributed by atoms with van der Waals surface area (Å²) < 4.78 is 1.88. The van der Waals surface area contributed by atoms with Gasteiger partial charge in [0.25, 0.3) is 11.8 Å². The summed E-state index contributed by atoms with van der Waals surface area (Å²) in [5, 5.41) is 16.2. The number of carbonyl (C=O) groups is 2. The Hall–Kier alpha value is -3.83. The number of carbonyl (C=O) groups excluding carboxylic acids is 2. The van der Waals surface area contributed by atoms with Crippen LogP contribution in [0.1, 0.15) is 61.7 Å². The zero-order valence-electron chi connectivity index (χ0n) is 27.6. The molecule has 0 bridgehead atoms. The molecule has 1 unspecified atom stereocenters. The van der Waals surface area contributed by atoms with Crippen LogP contribution >= 0.6 is 11.6 Å². The Labute approximate surface area is 276 Å². The number of nitrogens with zero attached hydrogens (tertiary/aromatic N) is 5. The molecule has 3 N–H and O–H groups in total. The third-order valence-corrected chi connectivity index (χ3v) is 9.33. The lowest BCUT2D eigenvalue weighted by molar-refractivity contribution is -0.110. The lowest BCUT2D eigenvalue weighted by atomic mass is 9.98. The van der Waals surface area contributed by atoms with Gasteiger partial charge in [0, 0.05) is 63.1 Å². The fourth-order valence-corrected chi connectivity index (χ4v) is 6.43. The highest BCUT2D eigenvalue weighted by atomic mass is 35.5. The van der Waals surface area contributed by atoms with E-state index in [-0.39, 0.29) is 11.8 Å². The number of aliphatic hydroxyl groups is 1. The number of halogens is 1. The minimum absolute atomic E-state index is 0.292. The highest BCUT2D eigenvalue weighted by Crippen LogP contribution is 2.37. The average molecular weight is 646 g/mol. The molecule has 10 nitrogen and oxygen atoms in total. The van der Waals surface area contributed by atoms with Crippen molar-refractivity contribution >= 4 is 40.5 Å². The molecule has 0 spiro atoms. The smallest absolute Gasteiger partial charge is 0.291 e. The topological polar surface area (TPSA) is 115 Å². The first-order chi connectivity index (χ1) is 22.0. The van der Waals surface area contributed by atoms with Crippen molar-refractivity contribution in [3.63, 3.8) is 0 Å². The molecule has 0 saturated heterocycles. The highest BCUT2D eigenvalue weighted by molar-refractivity contribution is 6.42. The Morgan fingerprint density at radius 3 is 2.43 bits per heavy atom. The quantitative estimate of drug-likeness (QED) is 0.267.